The molecule has 0 aliphatic rings. The topological polar surface area (TPSA) is 26.3 Å². The third-order valence-corrected chi connectivity index (χ3v) is 8.23. The molecule has 0 bridgehead atoms. The van der Waals surface area contributed by atoms with Crippen LogP contribution < -0.4 is 0 Å². The number of hydrogen-bond acceptors (Lipinski definition) is 2. The van der Waals surface area contributed by atoms with Gasteiger partial charge in [0.2, 0.25) is 0 Å². The SMILES string of the molecule is c1ccc2cc(-c3ccc4oc5cc6c(cc5c4c3)oc3ccc(-c4ccc5ccccc5c4)cc36)ccc2c1. The van der Waals surface area contributed by atoms with E-state index in [0.29, 0.717) is 0 Å². The maximum atomic E-state index is 6.36. The first-order chi connectivity index (χ1) is 19.8. The normalized spacial score (nSPS) is 12.0. The molecule has 0 amide bonds. The van der Waals surface area contributed by atoms with Gasteiger partial charge in [-0.25, -0.2) is 0 Å². The summed E-state index contributed by atoms with van der Waals surface area (Å²) in [6, 6.07) is 47.4. The molecule has 0 radical (unpaired) electrons. The molecule has 7 aromatic carbocycles. The third kappa shape index (κ3) is 3.23. The molecule has 0 aliphatic carbocycles. The Morgan fingerprint density at radius 1 is 0.275 bits per heavy atom. The number of rotatable bonds is 2. The molecule has 2 nitrogen and oxygen atoms in total. The predicted molar refractivity (Wildman–Crippen MR) is 167 cm³/mol. The van der Waals surface area contributed by atoms with Gasteiger partial charge in [-0.1, -0.05) is 84.9 Å². The van der Waals surface area contributed by atoms with Crippen molar-refractivity contribution in [3.8, 4) is 22.3 Å². The second-order valence-corrected chi connectivity index (χ2v) is 10.6. The van der Waals surface area contributed by atoms with E-state index in [1.807, 2.05) is 0 Å². The molecular formula is C38H22O2. The van der Waals surface area contributed by atoms with E-state index in [2.05, 4.69) is 133 Å². The summed E-state index contributed by atoms with van der Waals surface area (Å²) in [6.45, 7) is 0. The van der Waals surface area contributed by atoms with Crippen LogP contribution in [0.25, 0.3) is 87.7 Å². The molecule has 186 valence electrons. The fourth-order valence-corrected chi connectivity index (χ4v) is 6.14. The highest BCUT2D eigenvalue weighted by molar-refractivity contribution is 6.15. The van der Waals surface area contributed by atoms with E-state index in [-0.39, 0.29) is 0 Å². The highest BCUT2D eigenvalue weighted by Gasteiger charge is 2.15. The molecule has 9 aromatic rings. The molecule has 0 unspecified atom stereocenters. The quantitative estimate of drug-likeness (QED) is 0.231. The third-order valence-electron chi connectivity index (χ3n) is 8.23. The number of fused-ring (bicyclic) bond motifs is 8. The number of furan rings is 2. The molecule has 2 heteroatoms. The van der Waals surface area contributed by atoms with Crippen molar-refractivity contribution in [2.45, 2.75) is 0 Å². The second-order valence-electron chi connectivity index (χ2n) is 10.6. The minimum absolute atomic E-state index is 0.872. The highest BCUT2D eigenvalue weighted by atomic mass is 16.3. The van der Waals surface area contributed by atoms with E-state index in [1.54, 1.807) is 0 Å². The Labute approximate surface area is 229 Å². The summed E-state index contributed by atoms with van der Waals surface area (Å²) < 4.78 is 12.7. The lowest BCUT2D eigenvalue weighted by Gasteiger charge is -2.04. The van der Waals surface area contributed by atoms with Gasteiger partial charge in [-0.2, -0.15) is 0 Å². The van der Waals surface area contributed by atoms with Crippen molar-refractivity contribution >= 4 is 65.4 Å². The number of benzene rings is 7. The van der Waals surface area contributed by atoms with Gasteiger partial charge in [0.25, 0.3) is 0 Å². The van der Waals surface area contributed by atoms with Crippen molar-refractivity contribution in [2.75, 3.05) is 0 Å². The van der Waals surface area contributed by atoms with Crippen LogP contribution in [0.2, 0.25) is 0 Å². The van der Waals surface area contributed by atoms with Crippen molar-refractivity contribution in [1.82, 2.24) is 0 Å². The first-order valence-electron chi connectivity index (χ1n) is 13.6. The monoisotopic (exact) mass is 510 g/mol. The highest BCUT2D eigenvalue weighted by Crippen LogP contribution is 2.39. The molecule has 2 heterocycles. The lowest BCUT2D eigenvalue weighted by molar-refractivity contribution is 0.664. The molecule has 0 spiro atoms. The van der Waals surface area contributed by atoms with Crippen LogP contribution in [-0.2, 0) is 0 Å². The van der Waals surface area contributed by atoms with Gasteiger partial charge in [0, 0.05) is 21.5 Å². The van der Waals surface area contributed by atoms with Crippen molar-refractivity contribution in [2.24, 2.45) is 0 Å². The summed E-state index contributed by atoms with van der Waals surface area (Å²) in [7, 11) is 0. The Kier molecular flexibility index (Phi) is 4.36. The van der Waals surface area contributed by atoms with Gasteiger partial charge in [0.1, 0.15) is 22.3 Å². The Morgan fingerprint density at radius 3 is 1.12 bits per heavy atom. The molecular weight excluding hydrogens is 488 g/mol. The Hall–Kier alpha value is -5.34. The van der Waals surface area contributed by atoms with Crippen LogP contribution in [0.15, 0.2) is 142 Å². The summed E-state index contributed by atoms with van der Waals surface area (Å²) in [6.07, 6.45) is 0. The van der Waals surface area contributed by atoms with E-state index in [4.69, 9.17) is 8.83 Å². The maximum absolute atomic E-state index is 6.36. The summed E-state index contributed by atoms with van der Waals surface area (Å²) in [5, 5.41) is 9.31. The fourth-order valence-electron chi connectivity index (χ4n) is 6.14. The van der Waals surface area contributed by atoms with Crippen LogP contribution in [0.5, 0.6) is 0 Å². The molecule has 0 saturated heterocycles. The Bertz CT molecular complexity index is 2260. The van der Waals surface area contributed by atoms with Crippen LogP contribution in [0.4, 0.5) is 0 Å². The van der Waals surface area contributed by atoms with Gasteiger partial charge in [0.05, 0.1) is 0 Å². The summed E-state index contributed by atoms with van der Waals surface area (Å²) >= 11 is 0. The van der Waals surface area contributed by atoms with Crippen molar-refractivity contribution in [3.05, 3.63) is 133 Å². The van der Waals surface area contributed by atoms with E-state index in [9.17, 15) is 0 Å². The average molecular weight is 511 g/mol. The first-order valence-corrected chi connectivity index (χ1v) is 13.6. The zero-order chi connectivity index (χ0) is 26.2. The summed E-state index contributed by atoms with van der Waals surface area (Å²) in [4.78, 5) is 0. The zero-order valence-electron chi connectivity index (χ0n) is 21.5. The molecule has 0 N–H and O–H groups in total. The molecule has 0 aliphatic heterocycles. The standard InChI is InChI=1S/C38H22O2/c1-3-7-25-17-27(11-9-23(25)5-1)29-13-15-35-31(19-29)33-21-38-34(22-37(33)39-35)32-20-30(14-16-36(32)40-38)28-12-10-24-6-2-4-8-26(24)18-28/h1-22H. The first kappa shape index (κ1) is 21.6. The molecule has 0 fully saturated rings. The fraction of sp³-hybridized carbons (Fsp3) is 0. The van der Waals surface area contributed by atoms with Crippen molar-refractivity contribution in [3.63, 3.8) is 0 Å². The smallest absolute Gasteiger partial charge is 0.136 e. The van der Waals surface area contributed by atoms with Crippen LogP contribution in [0.1, 0.15) is 0 Å². The molecule has 9 rings (SSSR count). The van der Waals surface area contributed by atoms with Gasteiger partial charge in [-0.15, -0.1) is 0 Å². The van der Waals surface area contributed by atoms with Crippen LogP contribution in [-0.4, -0.2) is 0 Å². The van der Waals surface area contributed by atoms with Gasteiger partial charge in [-0.05, 0) is 92.3 Å². The minimum Gasteiger partial charge on any atom is -0.456 e. The van der Waals surface area contributed by atoms with Crippen LogP contribution in [0.3, 0.4) is 0 Å². The number of hydrogen-bond donors (Lipinski definition) is 0. The molecule has 0 atom stereocenters. The lowest BCUT2D eigenvalue weighted by atomic mass is 9.99. The predicted octanol–water partition coefficient (Wildman–Crippen LogP) is 11.1. The lowest BCUT2D eigenvalue weighted by Crippen LogP contribution is -1.79. The molecule has 2 aromatic heterocycles. The molecule has 0 saturated carbocycles. The summed E-state index contributed by atoms with van der Waals surface area (Å²) in [5.41, 5.74) is 8.24. The van der Waals surface area contributed by atoms with E-state index in [0.717, 1.165) is 43.9 Å². The van der Waals surface area contributed by atoms with Crippen molar-refractivity contribution < 1.29 is 8.83 Å². The summed E-state index contributed by atoms with van der Waals surface area (Å²) in [5.74, 6) is 0. The minimum atomic E-state index is 0.872. The van der Waals surface area contributed by atoms with Gasteiger partial charge in [0.15, 0.2) is 0 Å². The molecule has 40 heavy (non-hydrogen) atoms. The average Bonchev–Trinajstić information content (AvgIpc) is 3.55. The largest absolute Gasteiger partial charge is 0.456 e. The van der Waals surface area contributed by atoms with E-state index >= 15 is 0 Å². The Morgan fingerprint density at radius 2 is 0.650 bits per heavy atom. The van der Waals surface area contributed by atoms with E-state index < -0.39 is 0 Å². The van der Waals surface area contributed by atoms with Gasteiger partial charge in [-0.3, -0.25) is 0 Å². The van der Waals surface area contributed by atoms with Crippen LogP contribution in [0, 0.1) is 0 Å². The van der Waals surface area contributed by atoms with Crippen LogP contribution >= 0.6 is 0 Å². The Balaban J connectivity index is 1.20. The maximum Gasteiger partial charge on any atom is 0.136 e. The van der Waals surface area contributed by atoms with Crippen molar-refractivity contribution in [1.29, 1.82) is 0 Å². The second kappa shape index (κ2) is 8.08. The van der Waals surface area contributed by atoms with Gasteiger partial charge >= 0.3 is 0 Å². The van der Waals surface area contributed by atoms with E-state index in [1.165, 1.54) is 43.8 Å². The zero-order valence-corrected chi connectivity index (χ0v) is 21.5. The van der Waals surface area contributed by atoms with Gasteiger partial charge < -0.3 is 8.83 Å².